The minimum absolute atomic E-state index is 0.0102. The van der Waals surface area contributed by atoms with Gasteiger partial charge in [-0.3, -0.25) is 4.79 Å². The van der Waals surface area contributed by atoms with Crippen molar-refractivity contribution >= 4 is 11.7 Å². The Morgan fingerprint density at radius 1 is 1.07 bits per heavy atom. The van der Waals surface area contributed by atoms with Crippen LogP contribution in [0.4, 0.5) is 5.82 Å². The number of nitrogens with zero attached hydrogens (tertiary/aromatic N) is 4. The molecule has 1 saturated carbocycles. The average molecular weight is 372 g/mol. The molecule has 1 aromatic heterocycles. The molecule has 27 heavy (non-hydrogen) atoms. The van der Waals surface area contributed by atoms with Gasteiger partial charge in [-0.15, -0.1) is 0 Å². The lowest BCUT2D eigenvalue weighted by Crippen LogP contribution is -2.40. The van der Waals surface area contributed by atoms with Crippen LogP contribution in [0.15, 0.2) is 0 Å². The molecule has 6 nitrogen and oxygen atoms in total. The van der Waals surface area contributed by atoms with Gasteiger partial charge in [-0.25, -0.2) is 9.97 Å². The minimum Gasteiger partial charge on any atom is -0.355 e. The van der Waals surface area contributed by atoms with Gasteiger partial charge in [0.2, 0.25) is 5.82 Å². The predicted octanol–water partition coefficient (Wildman–Crippen LogP) is 2.82. The van der Waals surface area contributed by atoms with Gasteiger partial charge in [0.05, 0.1) is 0 Å². The summed E-state index contributed by atoms with van der Waals surface area (Å²) < 4.78 is 0. The first-order valence-corrected chi connectivity index (χ1v) is 10.6. The second-order valence-corrected chi connectivity index (χ2v) is 8.97. The molecule has 4 rings (SSSR count). The van der Waals surface area contributed by atoms with Gasteiger partial charge in [0.15, 0.2) is 0 Å². The van der Waals surface area contributed by atoms with Crippen LogP contribution < -0.4 is 10.6 Å². The molecule has 1 atom stereocenters. The summed E-state index contributed by atoms with van der Waals surface area (Å²) in [6, 6.07) is 0.187. The van der Waals surface area contributed by atoms with Crippen LogP contribution in [0.1, 0.15) is 73.2 Å². The maximum atomic E-state index is 13.3. The van der Waals surface area contributed by atoms with Crippen LogP contribution in [0.5, 0.6) is 0 Å². The van der Waals surface area contributed by atoms with Crippen LogP contribution in [-0.2, 0) is 0 Å². The Hall–Kier alpha value is -1.69. The standard InChI is InChI=1S/C21H33N5O/c1-15-16(2)23-18(24-19(15)25-12-7-17(22)13-25)20(27)26-11-6-5-10-21(14-26)8-3-4-9-21/h17H,3-14,22H2,1-2H3/t17-/m1/s1. The molecule has 1 aliphatic carbocycles. The summed E-state index contributed by atoms with van der Waals surface area (Å²) in [6.45, 7) is 7.44. The van der Waals surface area contributed by atoms with Crippen LogP contribution in [0.3, 0.4) is 0 Å². The highest BCUT2D eigenvalue weighted by Gasteiger charge is 2.38. The first-order valence-electron chi connectivity index (χ1n) is 10.6. The lowest BCUT2D eigenvalue weighted by molar-refractivity contribution is 0.0672. The number of hydrogen-bond donors (Lipinski definition) is 1. The molecular weight excluding hydrogens is 338 g/mol. The van der Waals surface area contributed by atoms with Crippen LogP contribution in [0.2, 0.25) is 0 Å². The number of carbonyl (C=O) groups is 1. The summed E-state index contributed by atoms with van der Waals surface area (Å²) in [5, 5.41) is 0. The molecule has 0 bridgehead atoms. The normalized spacial score (nSPS) is 25.2. The molecule has 0 unspecified atom stereocenters. The van der Waals surface area contributed by atoms with Crippen molar-refractivity contribution in [1.29, 1.82) is 0 Å². The molecule has 1 aromatic rings. The van der Waals surface area contributed by atoms with Crippen molar-refractivity contribution in [3.63, 3.8) is 0 Å². The van der Waals surface area contributed by atoms with E-state index in [0.717, 1.165) is 56.1 Å². The van der Waals surface area contributed by atoms with Gasteiger partial charge in [-0.1, -0.05) is 19.3 Å². The van der Waals surface area contributed by atoms with E-state index in [0.29, 0.717) is 11.2 Å². The molecule has 148 valence electrons. The number of anilines is 1. The van der Waals surface area contributed by atoms with E-state index in [1.165, 1.54) is 38.5 Å². The summed E-state index contributed by atoms with van der Waals surface area (Å²) in [4.78, 5) is 26.9. The Kier molecular flexibility index (Phi) is 5.10. The number of carbonyl (C=O) groups excluding carboxylic acids is 1. The second-order valence-electron chi connectivity index (χ2n) is 8.97. The van der Waals surface area contributed by atoms with Crippen molar-refractivity contribution in [2.45, 2.75) is 71.3 Å². The van der Waals surface area contributed by atoms with E-state index in [-0.39, 0.29) is 11.9 Å². The summed E-state index contributed by atoms with van der Waals surface area (Å²) in [5.74, 6) is 1.27. The van der Waals surface area contributed by atoms with Crippen LogP contribution >= 0.6 is 0 Å². The van der Waals surface area contributed by atoms with E-state index in [4.69, 9.17) is 10.7 Å². The fourth-order valence-corrected chi connectivity index (χ4v) is 5.21. The molecule has 6 heteroatoms. The number of rotatable bonds is 2. The third-order valence-electron chi connectivity index (χ3n) is 6.94. The van der Waals surface area contributed by atoms with Crippen LogP contribution in [-0.4, -0.2) is 53.0 Å². The van der Waals surface area contributed by atoms with Crippen molar-refractivity contribution in [3.8, 4) is 0 Å². The van der Waals surface area contributed by atoms with Gasteiger partial charge in [-0.05, 0) is 51.4 Å². The Balaban J connectivity index is 1.60. The number of likely N-dealkylation sites (tertiary alicyclic amines) is 1. The van der Waals surface area contributed by atoms with Crippen molar-refractivity contribution in [2.24, 2.45) is 11.1 Å². The first-order chi connectivity index (χ1) is 13.0. The van der Waals surface area contributed by atoms with Crippen LogP contribution in [0.25, 0.3) is 0 Å². The molecule has 0 radical (unpaired) electrons. The molecule has 0 aromatic carbocycles. The highest BCUT2D eigenvalue weighted by atomic mass is 16.2. The fraction of sp³-hybridized carbons (Fsp3) is 0.762. The van der Waals surface area contributed by atoms with E-state index >= 15 is 0 Å². The molecule has 1 spiro atoms. The van der Waals surface area contributed by atoms with E-state index < -0.39 is 0 Å². The fourth-order valence-electron chi connectivity index (χ4n) is 5.21. The van der Waals surface area contributed by atoms with Crippen LogP contribution in [0, 0.1) is 19.3 Å². The van der Waals surface area contributed by atoms with Gasteiger partial charge in [0.25, 0.3) is 5.91 Å². The van der Waals surface area contributed by atoms with E-state index in [1.54, 1.807) is 0 Å². The third kappa shape index (κ3) is 3.68. The Morgan fingerprint density at radius 2 is 1.78 bits per heavy atom. The third-order valence-corrected chi connectivity index (χ3v) is 6.94. The maximum absolute atomic E-state index is 13.3. The largest absolute Gasteiger partial charge is 0.355 e. The molecule has 2 N–H and O–H groups in total. The Bertz CT molecular complexity index is 713. The molecule has 1 amide bonds. The number of amides is 1. The monoisotopic (exact) mass is 371 g/mol. The number of aryl methyl sites for hydroxylation is 1. The quantitative estimate of drug-likeness (QED) is 0.865. The number of nitrogens with two attached hydrogens (primary N) is 1. The molecule has 3 fully saturated rings. The van der Waals surface area contributed by atoms with Crippen molar-refractivity contribution < 1.29 is 4.79 Å². The molecular formula is C21H33N5O. The Morgan fingerprint density at radius 3 is 2.44 bits per heavy atom. The summed E-state index contributed by atoms with van der Waals surface area (Å²) in [6.07, 6.45) is 9.70. The molecule has 2 aliphatic heterocycles. The topological polar surface area (TPSA) is 75.4 Å². The summed E-state index contributed by atoms with van der Waals surface area (Å²) in [7, 11) is 0. The van der Waals surface area contributed by atoms with Crippen molar-refractivity contribution in [1.82, 2.24) is 14.9 Å². The average Bonchev–Trinajstić information content (AvgIpc) is 3.22. The van der Waals surface area contributed by atoms with Gasteiger partial charge in [0.1, 0.15) is 5.82 Å². The highest BCUT2D eigenvalue weighted by molar-refractivity contribution is 5.91. The molecule has 3 aliphatic rings. The zero-order chi connectivity index (χ0) is 19.0. The lowest BCUT2D eigenvalue weighted by atomic mass is 9.81. The summed E-state index contributed by atoms with van der Waals surface area (Å²) in [5.41, 5.74) is 8.39. The Labute approximate surface area is 162 Å². The number of aromatic nitrogens is 2. The van der Waals surface area contributed by atoms with E-state index in [1.807, 2.05) is 18.7 Å². The lowest BCUT2D eigenvalue weighted by Gasteiger charge is -2.32. The van der Waals surface area contributed by atoms with E-state index in [2.05, 4.69) is 9.88 Å². The molecule has 3 heterocycles. The van der Waals surface area contributed by atoms with Gasteiger partial charge in [-0.2, -0.15) is 0 Å². The van der Waals surface area contributed by atoms with Crippen molar-refractivity contribution in [3.05, 3.63) is 17.1 Å². The predicted molar refractivity (Wildman–Crippen MR) is 107 cm³/mol. The molecule has 2 saturated heterocycles. The minimum atomic E-state index is 0.0102. The zero-order valence-electron chi connectivity index (χ0n) is 16.8. The smallest absolute Gasteiger partial charge is 0.291 e. The summed E-state index contributed by atoms with van der Waals surface area (Å²) >= 11 is 0. The van der Waals surface area contributed by atoms with Crippen molar-refractivity contribution in [2.75, 3.05) is 31.1 Å². The van der Waals surface area contributed by atoms with Gasteiger partial charge in [0, 0.05) is 43.5 Å². The van der Waals surface area contributed by atoms with Gasteiger partial charge < -0.3 is 15.5 Å². The maximum Gasteiger partial charge on any atom is 0.291 e. The second kappa shape index (κ2) is 7.38. The highest BCUT2D eigenvalue weighted by Crippen LogP contribution is 2.44. The van der Waals surface area contributed by atoms with E-state index in [9.17, 15) is 4.79 Å². The van der Waals surface area contributed by atoms with Gasteiger partial charge >= 0.3 is 0 Å². The first kappa shape index (κ1) is 18.7. The SMILES string of the molecule is Cc1nc(C(=O)N2CCCCC3(CCCC3)C2)nc(N2CC[C@@H](N)C2)c1C. The zero-order valence-corrected chi connectivity index (χ0v) is 16.8. The number of hydrogen-bond acceptors (Lipinski definition) is 5.